The van der Waals surface area contributed by atoms with Crippen LogP contribution in [-0.4, -0.2) is 35.3 Å². The highest BCUT2D eigenvalue weighted by molar-refractivity contribution is 4.83. The van der Waals surface area contributed by atoms with Gasteiger partial charge in [0, 0.05) is 4.91 Å². The number of aliphatic hydroxyl groups is 2. The zero-order valence-corrected chi connectivity index (χ0v) is 5.08. The van der Waals surface area contributed by atoms with E-state index in [4.69, 9.17) is 15.7 Å². The van der Waals surface area contributed by atoms with E-state index in [1.165, 1.54) is 0 Å². The normalized spacial score (nSPS) is 39.2. The van der Waals surface area contributed by atoms with E-state index in [9.17, 15) is 0 Å². The summed E-state index contributed by atoms with van der Waals surface area (Å²) in [7, 11) is 0. The molecule has 1 fully saturated rings. The van der Waals surface area contributed by atoms with Crippen molar-refractivity contribution in [2.75, 3.05) is 6.61 Å². The smallest absolute Gasteiger partial charge is 0.181 e. The largest absolute Gasteiger partial charge is 0.387 e. The van der Waals surface area contributed by atoms with Crippen LogP contribution in [0.4, 0.5) is 0 Å². The molecule has 0 amide bonds. The monoisotopic (exact) mass is 145 g/mol. The van der Waals surface area contributed by atoms with E-state index in [2.05, 4.69) is 14.8 Å². The fraction of sp³-hybridized carbons (Fsp3) is 1.00. The van der Waals surface area contributed by atoms with E-state index in [1.807, 2.05) is 0 Å². The lowest BCUT2D eigenvalue weighted by molar-refractivity contribution is -0.108. The van der Waals surface area contributed by atoms with Crippen LogP contribution in [-0.2, 0) is 4.74 Å². The summed E-state index contributed by atoms with van der Waals surface area (Å²) in [4.78, 5) is 2.48. The van der Waals surface area contributed by atoms with Gasteiger partial charge in [0.15, 0.2) is 6.29 Å². The van der Waals surface area contributed by atoms with Crippen LogP contribution in [0.1, 0.15) is 0 Å². The fourth-order valence-electron chi connectivity index (χ4n) is 0.752. The number of azide groups is 1. The highest BCUT2D eigenvalue weighted by Gasteiger charge is 2.33. The van der Waals surface area contributed by atoms with Gasteiger partial charge >= 0.3 is 0 Å². The quantitative estimate of drug-likeness (QED) is 0.292. The molecule has 10 heavy (non-hydrogen) atoms. The Labute approximate surface area is 56.7 Å². The minimum atomic E-state index is -1.21. The maximum atomic E-state index is 8.95. The first-order valence-corrected chi connectivity index (χ1v) is 2.77. The van der Waals surface area contributed by atoms with Gasteiger partial charge in [-0.1, -0.05) is 5.11 Å². The zero-order chi connectivity index (χ0) is 7.56. The minimum absolute atomic E-state index is 0.0758. The minimum Gasteiger partial charge on any atom is -0.387 e. The van der Waals surface area contributed by atoms with Crippen LogP contribution >= 0.6 is 0 Å². The van der Waals surface area contributed by atoms with Crippen molar-refractivity contribution in [3.05, 3.63) is 10.4 Å². The van der Waals surface area contributed by atoms with Crippen LogP contribution in [0, 0.1) is 0 Å². The van der Waals surface area contributed by atoms with Crippen LogP contribution in [0.15, 0.2) is 5.11 Å². The fourth-order valence-corrected chi connectivity index (χ4v) is 0.752. The molecule has 3 atom stereocenters. The SMILES string of the molecule is [N-]=[N+]=N[C@H]1COC(O)[C@@H]1O. The molecular weight excluding hydrogens is 138 g/mol. The lowest BCUT2D eigenvalue weighted by Crippen LogP contribution is -2.27. The third-order valence-electron chi connectivity index (χ3n) is 1.32. The molecule has 0 aromatic rings. The molecule has 0 bridgehead atoms. The molecule has 1 rings (SSSR count). The summed E-state index contributed by atoms with van der Waals surface area (Å²) in [5.41, 5.74) is 7.94. The second-order valence-corrected chi connectivity index (χ2v) is 1.99. The van der Waals surface area contributed by atoms with Gasteiger partial charge in [0.1, 0.15) is 6.10 Å². The zero-order valence-electron chi connectivity index (χ0n) is 5.08. The van der Waals surface area contributed by atoms with Crippen molar-refractivity contribution in [3.8, 4) is 0 Å². The molecule has 0 saturated carbocycles. The molecule has 1 aliphatic rings. The van der Waals surface area contributed by atoms with Gasteiger partial charge in [0.05, 0.1) is 12.6 Å². The number of ether oxygens (including phenoxy) is 1. The van der Waals surface area contributed by atoms with Crippen LogP contribution in [0.5, 0.6) is 0 Å². The number of rotatable bonds is 1. The summed E-state index contributed by atoms with van der Waals surface area (Å²) >= 11 is 0. The number of nitrogens with zero attached hydrogens (tertiary/aromatic N) is 3. The number of aliphatic hydroxyl groups excluding tert-OH is 2. The van der Waals surface area contributed by atoms with Gasteiger partial charge in [-0.15, -0.1) is 0 Å². The predicted octanol–water partition coefficient (Wildman–Crippen LogP) is -0.625. The summed E-state index contributed by atoms with van der Waals surface area (Å²) in [5.74, 6) is 0. The van der Waals surface area contributed by atoms with Gasteiger partial charge in [-0.2, -0.15) is 0 Å². The van der Waals surface area contributed by atoms with E-state index < -0.39 is 18.4 Å². The van der Waals surface area contributed by atoms with Crippen molar-refractivity contribution < 1.29 is 14.9 Å². The average molecular weight is 145 g/mol. The Kier molecular flexibility index (Phi) is 2.08. The molecule has 0 spiro atoms. The number of hydrogen-bond donors (Lipinski definition) is 2. The molecule has 1 heterocycles. The third-order valence-corrected chi connectivity index (χ3v) is 1.32. The highest BCUT2D eigenvalue weighted by atomic mass is 16.6. The first-order valence-electron chi connectivity index (χ1n) is 2.77. The predicted molar refractivity (Wildman–Crippen MR) is 30.9 cm³/mol. The Hall–Kier alpha value is -0.810. The molecule has 0 radical (unpaired) electrons. The Balaban J connectivity index is 2.56. The molecule has 1 saturated heterocycles. The highest BCUT2D eigenvalue weighted by Crippen LogP contribution is 2.14. The van der Waals surface area contributed by atoms with Gasteiger partial charge in [-0.05, 0) is 5.53 Å². The Bertz CT molecular complexity index is 167. The summed E-state index contributed by atoms with van der Waals surface area (Å²) < 4.78 is 4.57. The maximum Gasteiger partial charge on any atom is 0.181 e. The maximum absolute atomic E-state index is 8.95. The van der Waals surface area contributed by atoms with Crippen molar-refractivity contribution in [1.29, 1.82) is 0 Å². The molecule has 6 heteroatoms. The van der Waals surface area contributed by atoms with E-state index >= 15 is 0 Å². The lowest BCUT2D eigenvalue weighted by atomic mass is 10.2. The number of hydrogen-bond acceptors (Lipinski definition) is 4. The third kappa shape index (κ3) is 1.19. The van der Waals surface area contributed by atoms with Crippen LogP contribution in [0.2, 0.25) is 0 Å². The molecule has 0 aromatic carbocycles. The van der Waals surface area contributed by atoms with Crippen LogP contribution in [0.25, 0.3) is 10.4 Å². The topological polar surface area (TPSA) is 98.5 Å². The van der Waals surface area contributed by atoms with E-state index in [0.717, 1.165) is 0 Å². The van der Waals surface area contributed by atoms with Crippen LogP contribution in [0.3, 0.4) is 0 Å². The van der Waals surface area contributed by atoms with Gasteiger partial charge in [0.2, 0.25) is 0 Å². The molecule has 2 N–H and O–H groups in total. The standard InChI is InChI=1S/C4H7N3O3/c5-7-6-2-1-10-4(9)3(2)8/h2-4,8-9H,1H2/t2-,3+,4?/m0/s1. The molecule has 56 valence electrons. The first-order chi connectivity index (χ1) is 4.75. The second kappa shape index (κ2) is 2.85. The Morgan fingerprint density at radius 2 is 2.30 bits per heavy atom. The summed E-state index contributed by atoms with van der Waals surface area (Å²) in [6.45, 7) is 0.0758. The summed E-state index contributed by atoms with van der Waals surface area (Å²) in [6.07, 6.45) is -2.30. The Morgan fingerprint density at radius 3 is 2.70 bits per heavy atom. The van der Waals surface area contributed by atoms with Crippen molar-refractivity contribution >= 4 is 0 Å². The van der Waals surface area contributed by atoms with E-state index in [0.29, 0.717) is 0 Å². The average Bonchev–Trinajstić information content (AvgIpc) is 2.20. The molecular formula is C4H7N3O3. The van der Waals surface area contributed by atoms with Gasteiger partial charge in [-0.25, -0.2) is 0 Å². The molecule has 0 aromatic heterocycles. The Morgan fingerprint density at radius 1 is 1.60 bits per heavy atom. The van der Waals surface area contributed by atoms with Gasteiger partial charge in [0.25, 0.3) is 0 Å². The molecule has 6 nitrogen and oxygen atoms in total. The van der Waals surface area contributed by atoms with Crippen molar-refractivity contribution in [2.45, 2.75) is 18.4 Å². The molecule has 0 aliphatic carbocycles. The van der Waals surface area contributed by atoms with Crippen molar-refractivity contribution in [2.24, 2.45) is 5.11 Å². The second-order valence-electron chi connectivity index (χ2n) is 1.99. The van der Waals surface area contributed by atoms with Gasteiger partial charge in [-0.3, -0.25) is 0 Å². The summed E-state index contributed by atoms with van der Waals surface area (Å²) in [6, 6.07) is -0.653. The molecule has 1 aliphatic heterocycles. The van der Waals surface area contributed by atoms with Crippen LogP contribution < -0.4 is 0 Å². The van der Waals surface area contributed by atoms with Crippen molar-refractivity contribution in [1.82, 2.24) is 0 Å². The van der Waals surface area contributed by atoms with Gasteiger partial charge < -0.3 is 14.9 Å². The first kappa shape index (κ1) is 7.30. The summed E-state index contributed by atoms with van der Waals surface area (Å²) in [5, 5.41) is 20.9. The van der Waals surface area contributed by atoms with E-state index in [-0.39, 0.29) is 6.61 Å². The molecule has 1 unspecified atom stereocenters. The van der Waals surface area contributed by atoms with E-state index in [1.54, 1.807) is 0 Å². The lowest BCUT2D eigenvalue weighted by Gasteiger charge is -2.06. The van der Waals surface area contributed by atoms with Crippen molar-refractivity contribution in [3.63, 3.8) is 0 Å².